The van der Waals surface area contributed by atoms with Crippen molar-refractivity contribution >= 4 is 29.9 Å². The Labute approximate surface area is 167 Å². The van der Waals surface area contributed by atoms with Crippen LogP contribution in [0.4, 0.5) is 4.39 Å². The van der Waals surface area contributed by atoms with Crippen molar-refractivity contribution in [3.8, 4) is 6.07 Å². The summed E-state index contributed by atoms with van der Waals surface area (Å²) in [5.41, 5.74) is 0.841. The zero-order valence-corrected chi connectivity index (χ0v) is 17.5. The van der Waals surface area contributed by atoms with Crippen molar-refractivity contribution in [1.29, 1.82) is 5.26 Å². The molecule has 0 amide bonds. The maximum atomic E-state index is 13.8. The van der Waals surface area contributed by atoms with Gasteiger partial charge in [0.25, 0.3) is 0 Å². The highest BCUT2D eigenvalue weighted by Crippen LogP contribution is 2.11. The molecule has 0 atom stereocenters. The lowest BCUT2D eigenvalue weighted by Crippen LogP contribution is -2.38. The number of hydrogen-bond acceptors (Lipinski definition) is 3. The fraction of sp³-hybridized carbons (Fsp3) is 0.556. The lowest BCUT2D eigenvalue weighted by molar-refractivity contribution is 0.108. The molecule has 1 aromatic carbocycles. The Morgan fingerprint density at radius 2 is 2.12 bits per heavy atom. The molecule has 0 fully saturated rings. The number of nitrogens with one attached hydrogen (secondary N) is 2. The highest BCUT2D eigenvalue weighted by molar-refractivity contribution is 14.0. The van der Waals surface area contributed by atoms with Crippen LogP contribution in [-0.2, 0) is 11.3 Å². The predicted octanol–water partition coefficient (Wildman–Crippen LogP) is 3.43. The molecule has 2 N–H and O–H groups in total. The Kier molecular flexibility index (Phi) is 13.1. The molecule has 0 radical (unpaired) electrons. The molecule has 0 bridgehead atoms. The highest BCUT2D eigenvalue weighted by atomic mass is 127. The van der Waals surface area contributed by atoms with Gasteiger partial charge in [0.05, 0.1) is 18.2 Å². The van der Waals surface area contributed by atoms with Crippen molar-refractivity contribution < 1.29 is 9.13 Å². The molecular formula is C18H28FIN4O. The number of hydrogen-bond donors (Lipinski definition) is 2. The van der Waals surface area contributed by atoms with Crippen molar-refractivity contribution in [2.45, 2.75) is 33.7 Å². The number of benzene rings is 1. The Balaban J connectivity index is 0.00000576. The second-order valence-electron chi connectivity index (χ2n) is 5.86. The molecular weight excluding hydrogens is 434 g/mol. The van der Waals surface area contributed by atoms with Gasteiger partial charge in [-0.3, -0.25) is 0 Å². The maximum Gasteiger partial charge on any atom is 0.191 e. The molecule has 0 saturated carbocycles. The molecule has 0 aliphatic carbocycles. The fourth-order valence-corrected chi connectivity index (χ4v) is 1.97. The molecule has 1 rings (SSSR count). The molecule has 0 aromatic heterocycles. The van der Waals surface area contributed by atoms with E-state index < -0.39 is 0 Å². The van der Waals surface area contributed by atoms with E-state index in [9.17, 15) is 4.39 Å². The molecule has 0 heterocycles. The summed E-state index contributed by atoms with van der Waals surface area (Å²) < 4.78 is 19.3. The summed E-state index contributed by atoms with van der Waals surface area (Å²) in [5.74, 6) is 0.815. The smallest absolute Gasteiger partial charge is 0.191 e. The summed E-state index contributed by atoms with van der Waals surface area (Å²) in [5, 5.41) is 15.2. The largest absolute Gasteiger partial charge is 0.381 e. The van der Waals surface area contributed by atoms with Crippen LogP contribution in [0.15, 0.2) is 23.2 Å². The van der Waals surface area contributed by atoms with Gasteiger partial charge in [-0.1, -0.05) is 13.8 Å². The van der Waals surface area contributed by atoms with Gasteiger partial charge in [0.1, 0.15) is 5.82 Å². The van der Waals surface area contributed by atoms with Gasteiger partial charge in [0.15, 0.2) is 5.96 Å². The summed E-state index contributed by atoms with van der Waals surface area (Å²) in [6.07, 6.45) is 0.870. The van der Waals surface area contributed by atoms with Crippen LogP contribution >= 0.6 is 24.0 Å². The summed E-state index contributed by atoms with van der Waals surface area (Å²) in [6.45, 7) is 9.30. The van der Waals surface area contributed by atoms with Crippen molar-refractivity contribution in [3.63, 3.8) is 0 Å². The SMILES string of the molecule is CCNC(=NCc1cc(C#N)ccc1F)NCCCOCC(C)C.I. The number of nitriles is 1. The molecule has 1 aromatic rings. The first kappa shape index (κ1) is 23.6. The van der Waals surface area contributed by atoms with E-state index in [1.807, 2.05) is 13.0 Å². The molecule has 0 saturated heterocycles. The van der Waals surface area contributed by atoms with Gasteiger partial charge in [-0.25, -0.2) is 9.38 Å². The van der Waals surface area contributed by atoms with Gasteiger partial charge in [-0.05, 0) is 37.5 Å². The summed E-state index contributed by atoms with van der Waals surface area (Å²) in [6, 6.07) is 6.30. The van der Waals surface area contributed by atoms with Gasteiger partial charge < -0.3 is 15.4 Å². The minimum absolute atomic E-state index is 0. The van der Waals surface area contributed by atoms with Gasteiger partial charge in [0, 0.05) is 31.9 Å². The van der Waals surface area contributed by atoms with E-state index in [-0.39, 0.29) is 36.3 Å². The Hall–Kier alpha value is -1.40. The molecule has 140 valence electrons. The number of nitrogens with zero attached hydrogens (tertiary/aromatic N) is 2. The molecule has 0 unspecified atom stereocenters. The van der Waals surface area contributed by atoms with E-state index in [1.165, 1.54) is 18.2 Å². The second-order valence-corrected chi connectivity index (χ2v) is 5.86. The summed E-state index contributed by atoms with van der Waals surface area (Å²) in [4.78, 5) is 4.37. The third-order valence-electron chi connectivity index (χ3n) is 3.14. The topological polar surface area (TPSA) is 69.4 Å². The first-order chi connectivity index (χ1) is 11.6. The van der Waals surface area contributed by atoms with Crippen LogP contribution in [0.1, 0.15) is 38.3 Å². The lowest BCUT2D eigenvalue weighted by atomic mass is 10.1. The third-order valence-corrected chi connectivity index (χ3v) is 3.14. The minimum atomic E-state index is -0.351. The average Bonchev–Trinajstić information content (AvgIpc) is 2.56. The quantitative estimate of drug-likeness (QED) is 0.255. The number of guanidine groups is 1. The third kappa shape index (κ3) is 10.2. The standard InChI is InChI=1S/C18H27FN4O.HI/c1-4-21-18(22-8-5-9-24-13-14(2)3)23-12-16-10-15(11-20)6-7-17(16)19;/h6-7,10,14H,4-5,8-9,12-13H2,1-3H3,(H2,21,22,23);1H. The Morgan fingerprint density at radius 1 is 1.36 bits per heavy atom. The van der Waals surface area contributed by atoms with Gasteiger partial charge in [0.2, 0.25) is 0 Å². The van der Waals surface area contributed by atoms with E-state index in [1.54, 1.807) is 0 Å². The summed E-state index contributed by atoms with van der Waals surface area (Å²) in [7, 11) is 0. The normalized spacial score (nSPS) is 11.0. The van der Waals surface area contributed by atoms with Gasteiger partial charge in [-0.2, -0.15) is 5.26 Å². The van der Waals surface area contributed by atoms with E-state index >= 15 is 0 Å². The number of ether oxygens (including phenoxy) is 1. The fourth-order valence-electron chi connectivity index (χ4n) is 1.97. The van der Waals surface area contributed by atoms with Crippen LogP contribution < -0.4 is 10.6 Å². The van der Waals surface area contributed by atoms with Crippen molar-refractivity contribution in [3.05, 3.63) is 35.1 Å². The zero-order valence-electron chi connectivity index (χ0n) is 15.1. The second kappa shape index (κ2) is 13.8. The van der Waals surface area contributed by atoms with Crippen molar-refractivity contribution in [2.24, 2.45) is 10.9 Å². The minimum Gasteiger partial charge on any atom is -0.381 e. The predicted molar refractivity (Wildman–Crippen MR) is 110 cm³/mol. The highest BCUT2D eigenvalue weighted by Gasteiger charge is 2.04. The van der Waals surface area contributed by atoms with Crippen LogP contribution in [0.3, 0.4) is 0 Å². The molecule has 25 heavy (non-hydrogen) atoms. The zero-order chi connectivity index (χ0) is 17.8. The molecule has 0 spiro atoms. The van der Waals surface area contributed by atoms with Crippen molar-refractivity contribution in [1.82, 2.24) is 10.6 Å². The lowest BCUT2D eigenvalue weighted by Gasteiger charge is -2.12. The van der Waals surface area contributed by atoms with Crippen LogP contribution in [0.2, 0.25) is 0 Å². The van der Waals surface area contributed by atoms with Gasteiger partial charge >= 0.3 is 0 Å². The summed E-state index contributed by atoms with van der Waals surface area (Å²) >= 11 is 0. The molecule has 0 aliphatic rings. The van der Waals surface area contributed by atoms with Crippen LogP contribution in [0.25, 0.3) is 0 Å². The van der Waals surface area contributed by atoms with Gasteiger partial charge in [-0.15, -0.1) is 24.0 Å². The first-order valence-electron chi connectivity index (χ1n) is 8.35. The molecule has 0 aliphatic heterocycles. The Bertz CT molecular complexity index is 573. The van der Waals surface area contributed by atoms with Crippen molar-refractivity contribution in [2.75, 3.05) is 26.3 Å². The molecule has 7 heteroatoms. The first-order valence-corrected chi connectivity index (χ1v) is 8.35. The number of rotatable bonds is 9. The van der Waals surface area contributed by atoms with E-state index in [2.05, 4.69) is 29.5 Å². The van der Waals surface area contributed by atoms with Crippen LogP contribution in [-0.4, -0.2) is 32.3 Å². The average molecular weight is 462 g/mol. The number of aliphatic imine (C=N–C) groups is 1. The van der Waals surface area contributed by atoms with E-state index in [4.69, 9.17) is 10.00 Å². The maximum absolute atomic E-state index is 13.8. The molecule has 5 nitrogen and oxygen atoms in total. The van der Waals surface area contributed by atoms with Crippen LogP contribution in [0.5, 0.6) is 0 Å². The Morgan fingerprint density at radius 3 is 2.76 bits per heavy atom. The van der Waals surface area contributed by atoms with E-state index in [0.29, 0.717) is 29.6 Å². The number of halogens is 2. The van der Waals surface area contributed by atoms with E-state index in [0.717, 1.165) is 26.1 Å². The monoisotopic (exact) mass is 462 g/mol. The van der Waals surface area contributed by atoms with Crippen LogP contribution in [0, 0.1) is 23.1 Å².